The van der Waals surface area contributed by atoms with Gasteiger partial charge in [0.15, 0.2) is 0 Å². The molecule has 1 saturated carbocycles. The Balaban J connectivity index is 2.30. The standard InChI is InChI=1S/C11H24N2/c1-4-13(5-2)11-7-6-10(8-11)9-12-3/h10-12H,4-9H2,1-3H3. The summed E-state index contributed by atoms with van der Waals surface area (Å²) in [6, 6.07) is 0.869. The minimum absolute atomic E-state index is 0.869. The summed E-state index contributed by atoms with van der Waals surface area (Å²) in [4.78, 5) is 2.61. The SMILES string of the molecule is CCN(CC)C1CCC(CNC)C1. The molecule has 0 amide bonds. The smallest absolute Gasteiger partial charge is 0.00982 e. The van der Waals surface area contributed by atoms with Gasteiger partial charge in [-0.15, -0.1) is 0 Å². The summed E-state index contributed by atoms with van der Waals surface area (Å²) < 4.78 is 0. The lowest BCUT2D eigenvalue weighted by Crippen LogP contribution is -2.33. The molecular weight excluding hydrogens is 160 g/mol. The van der Waals surface area contributed by atoms with Crippen LogP contribution in [0.5, 0.6) is 0 Å². The van der Waals surface area contributed by atoms with Gasteiger partial charge >= 0.3 is 0 Å². The first kappa shape index (κ1) is 11.0. The van der Waals surface area contributed by atoms with Crippen molar-refractivity contribution in [2.75, 3.05) is 26.7 Å². The minimum Gasteiger partial charge on any atom is -0.319 e. The highest BCUT2D eigenvalue weighted by Crippen LogP contribution is 2.28. The molecule has 0 heterocycles. The highest BCUT2D eigenvalue weighted by Gasteiger charge is 2.26. The third-order valence-corrected chi connectivity index (χ3v) is 3.34. The fourth-order valence-electron chi connectivity index (χ4n) is 2.59. The van der Waals surface area contributed by atoms with Gasteiger partial charge in [-0.1, -0.05) is 13.8 Å². The molecule has 0 aromatic carbocycles. The maximum absolute atomic E-state index is 3.29. The summed E-state index contributed by atoms with van der Waals surface area (Å²) in [5.74, 6) is 0.926. The van der Waals surface area contributed by atoms with E-state index in [0.29, 0.717) is 0 Å². The molecule has 1 aliphatic carbocycles. The molecule has 2 unspecified atom stereocenters. The van der Waals surface area contributed by atoms with E-state index in [1.165, 1.54) is 38.9 Å². The van der Waals surface area contributed by atoms with Gasteiger partial charge in [-0.2, -0.15) is 0 Å². The lowest BCUT2D eigenvalue weighted by molar-refractivity contribution is 0.215. The Morgan fingerprint density at radius 3 is 2.46 bits per heavy atom. The van der Waals surface area contributed by atoms with Crippen LogP contribution >= 0.6 is 0 Å². The Morgan fingerprint density at radius 1 is 1.23 bits per heavy atom. The van der Waals surface area contributed by atoms with Crippen LogP contribution in [-0.2, 0) is 0 Å². The Bertz CT molecular complexity index is 132. The summed E-state index contributed by atoms with van der Waals surface area (Å²) in [6.45, 7) is 8.18. The molecule has 0 bridgehead atoms. The molecule has 0 spiro atoms. The van der Waals surface area contributed by atoms with Gasteiger partial charge in [-0.05, 0) is 51.9 Å². The summed E-state index contributed by atoms with van der Waals surface area (Å²) in [7, 11) is 2.06. The van der Waals surface area contributed by atoms with Crippen LogP contribution < -0.4 is 5.32 Å². The van der Waals surface area contributed by atoms with Crippen LogP contribution in [0, 0.1) is 5.92 Å². The normalized spacial score (nSPS) is 28.6. The van der Waals surface area contributed by atoms with Crippen molar-refractivity contribution in [1.82, 2.24) is 10.2 Å². The van der Waals surface area contributed by atoms with Crippen LogP contribution in [0.3, 0.4) is 0 Å². The molecule has 0 saturated heterocycles. The molecular formula is C11H24N2. The quantitative estimate of drug-likeness (QED) is 0.700. The molecule has 2 heteroatoms. The van der Waals surface area contributed by atoms with Gasteiger partial charge in [0.1, 0.15) is 0 Å². The van der Waals surface area contributed by atoms with E-state index in [-0.39, 0.29) is 0 Å². The predicted molar refractivity (Wildman–Crippen MR) is 58.0 cm³/mol. The van der Waals surface area contributed by atoms with E-state index in [9.17, 15) is 0 Å². The topological polar surface area (TPSA) is 15.3 Å². The van der Waals surface area contributed by atoms with Crippen molar-refractivity contribution in [3.63, 3.8) is 0 Å². The second-order valence-corrected chi connectivity index (χ2v) is 4.11. The van der Waals surface area contributed by atoms with Crippen molar-refractivity contribution >= 4 is 0 Å². The molecule has 1 fully saturated rings. The van der Waals surface area contributed by atoms with Gasteiger partial charge in [-0.3, -0.25) is 0 Å². The molecule has 2 nitrogen and oxygen atoms in total. The average molecular weight is 184 g/mol. The molecule has 0 aliphatic heterocycles. The van der Waals surface area contributed by atoms with Crippen molar-refractivity contribution in [3.8, 4) is 0 Å². The molecule has 1 rings (SSSR count). The van der Waals surface area contributed by atoms with Gasteiger partial charge in [0.2, 0.25) is 0 Å². The van der Waals surface area contributed by atoms with E-state index in [2.05, 4.69) is 31.1 Å². The third kappa shape index (κ3) is 2.96. The molecule has 1 aliphatic rings. The summed E-state index contributed by atoms with van der Waals surface area (Å²) >= 11 is 0. The van der Waals surface area contributed by atoms with E-state index in [1.807, 2.05) is 0 Å². The zero-order chi connectivity index (χ0) is 9.68. The van der Waals surface area contributed by atoms with Gasteiger partial charge in [0.05, 0.1) is 0 Å². The molecule has 78 valence electrons. The van der Waals surface area contributed by atoms with Crippen molar-refractivity contribution in [3.05, 3.63) is 0 Å². The first-order chi connectivity index (χ1) is 6.31. The molecule has 0 aromatic rings. The Labute approximate surface area is 82.7 Å². The Morgan fingerprint density at radius 2 is 1.92 bits per heavy atom. The Kier molecular flexibility index (Phi) is 4.74. The Hall–Kier alpha value is -0.0800. The summed E-state index contributed by atoms with van der Waals surface area (Å²) in [5, 5.41) is 3.29. The number of nitrogens with one attached hydrogen (secondary N) is 1. The maximum atomic E-state index is 3.29. The van der Waals surface area contributed by atoms with E-state index < -0.39 is 0 Å². The number of rotatable bonds is 5. The maximum Gasteiger partial charge on any atom is 0.00982 e. The van der Waals surface area contributed by atoms with Gasteiger partial charge in [0.25, 0.3) is 0 Å². The molecule has 2 atom stereocenters. The van der Waals surface area contributed by atoms with Crippen molar-refractivity contribution in [2.45, 2.75) is 39.2 Å². The van der Waals surface area contributed by atoms with Crippen LogP contribution in [0.25, 0.3) is 0 Å². The van der Waals surface area contributed by atoms with Gasteiger partial charge in [-0.25, -0.2) is 0 Å². The first-order valence-corrected chi connectivity index (χ1v) is 5.70. The molecule has 1 N–H and O–H groups in total. The second-order valence-electron chi connectivity index (χ2n) is 4.11. The number of hydrogen-bond acceptors (Lipinski definition) is 2. The van der Waals surface area contributed by atoms with E-state index in [4.69, 9.17) is 0 Å². The highest BCUT2D eigenvalue weighted by atomic mass is 15.1. The molecule has 0 aromatic heterocycles. The highest BCUT2D eigenvalue weighted by molar-refractivity contribution is 4.82. The van der Waals surface area contributed by atoms with Gasteiger partial charge < -0.3 is 10.2 Å². The van der Waals surface area contributed by atoms with Crippen LogP contribution in [0.15, 0.2) is 0 Å². The van der Waals surface area contributed by atoms with E-state index in [0.717, 1.165) is 12.0 Å². The number of nitrogens with zero attached hydrogens (tertiary/aromatic N) is 1. The first-order valence-electron chi connectivity index (χ1n) is 5.70. The van der Waals surface area contributed by atoms with Crippen LogP contribution in [0.4, 0.5) is 0 Å². The third-order valence-electron chi connectivity index (χ3n) is 3.34. The van der Waals surface area contributed by atoms with Crippen LogP contribution in [-0.4, -0.2) is 37.6 Å². The van der Waals surface area contributed by atoms with Crippen LogP contribution in [0.2, 0.25) is 0 Å². The fraction of sp³-hybridized carbons (Fsp3) is 1.00. The monoisotopic (exact) mass is 184 g/mol. The largest absolute Gasteiger partial charge is 0.319 e. The van der Waals surface area contributed by atoms with Crippen molar-refractivity contribution in [1.29, 1.82) is 0 Å². The zero-order valence-electron chi connectivity index (χ0n) is 9.34. The van der Waals surface area contributed by atoms with E-state index >= 15 is 0 Å². The minimum atomic E-state index is 0.869. The van der Waals surface area contributed by atoms with E-state index in [1.54, 1.807) is 0 Å². The molecule has 13 heavy (non-hydrogen) atoms. The predicted octanol–water partition coefficient (Wildman–Crippen LogP) is 1.72. The van der Waals surface area contributed by atoms with Gasteiger partial charge in [0, 0.05) is 6.04 Å². The molecule has 0 radical (unpaired) electrons. The van der Waals surface area contributed by atoms with Crippen molar-refractivity contribution < 1.29 is 0 Å². The lowest BCUT2D eigenvalue weighted by Gasteiger charge is -2.26. The summed E-state index contributed by atoms with van der Waals surface area (Å²) in [5.41, 5.74) is 0. The fourth-order valence-corrected chi connectivity index (χ4v) is 2.59. The summed E-state index contributed by atoms with van der Waals surface area (Å²) in [6.07, 6.45) is 4.23. The average Bonchev–Trinajstić information content (AvgIpc) is 2.56. The lowest BCUT2D eigenvalue weighted by atomic mass is 10.1. The number of hydrogen-bond donors (Lipinski definition) is 1. The zero-order valence-corrected chi connectivity index (χ0v) is 9.34. The second kappa shape index (κ2) is 5.61. The van der Waals surface area contributed by atoms with Crippen LogP contribution in [0.1, 0.15) is 33.1 Å². The van der Waals surface area contributed by atoms with Crippen molar-refractivity contribution in [2.24, 2.45) is 5.92 Å².